The maximum Gasteiger partial charge on any atom is 0.321 e. The lowest BCUT2D eigenvalue weighted by atomic mass is 10.3. The Morgan fingerprint density at radius 2 is 2.05 bits per heavy atom. The quantitative estimate of drug-likeness (QED) is 0.836. The van der Waals surface area contributed by atoms with Crippen LogP contribution in [-0.2, 0) is 4.79 Å². The van der Waals surface area contributed by atoms with E-state index in [1.54, 1.807) is 6.92 Å². The molecule has 1 atom stereocenters. The second-order valence-electron chi connectivity index (χ2n) is 3.68. The zero-order chi connectivity index (χ0) is 14.4. The maximum atomic E-state index is 13.4. The maximum absolute atomic E-state index is 13.4. The molecule has 0 aromatic heterocycles. The molecule has 1 unspecified atom stereocenters. The molecule has 3 amide bonds. The normalized spacial score (nSPS) is 11.8. The van der Waals surface area contributed by atoms with Crippen molar-refractivity contribution in [3.63, 3.8) is 0 Å². The second-order valence-corrected chi connectivity index (χ2v) is 5.07. The van der Waals surface area contributed by atoms with Crippen molar-refractivity contribution < 1.29 is 18.4 Å². The number of imide groups is 1. The summed E-state index contributed by atoms with van der Waals surface area (Å²) in [6.45, 7) is 3.64. The van der Waals surface area contributed by atoms with Gasteiger partial charge in [0, 0.05) is 17.5 Å². The van der Waals surface area contributed by atoms with Gasteiger partial charge >= 0.3 is 6.03 Å². The molecule has 0 saturated carbocycles. The number of carbonyl (C=O) groups excluding carboxylic acids is 2. The van der Waals surface area contributed by atoms with Crippen molar-refractivity contribution in [2.75, 3.05) is 6.54 Å². The van der Waals surface area contributed by atoms with Crippen LogP contribution >= 0.6 is 11.8 Å². The minimum atomic E-state index is -0.734. The van der Waals surface area contributed by atoms with Gasteiger partial charge in [-0.2, -0.15) is 0 Å². The monoisotopic (exact) mass is 288 g/mol. The van der Waals surface area contributed by atoms with Gasteiger partial charge in [0.2, 0.25) is 5.91 Å². The molecular formula is C12H14F2N2O2S. The standard InChI is InChI=1S/C12H14F2N2O2S/c1-3-15-12(18)16-11(17)7(2)19-10-5-4-8(13)6-9(10)14/h4-7H,3H2,1-2H3,(H2,15,16,17,18). The first-order valence-corrected chi connectivity index (χ1v) is 6.52. The largest absolute Gasteiger partial charge is 0.338 e. The van der Waals surface area contributed by atoms with Gasteiger partial charge in [0.05, 0.1) is 5.25 Å². The van der Waals surface area contributed by atoms with Crippen molar-refractivity contribution in [1.82, 2.24) is 10.6 Å². The Hall–Kier alpha value is -1.63. The lowest BCUT2D eigenvalue weighted by Gasteiger charge is -2.11. The summed E-state index contributed by atoms with van der Waals surface area (Å²) in [5, 5.41) is 3.86. The summed E-state index contributed by atoms with van der Waals surface area (Å²) in [5.74, 6) is -1.95. The molecule has 1 aromatic carbocycles. The van der Waals surface area contributed by atoms with Gasteiger partial charge in [-0.15, -0.1) is 11.8 Å². The van der Waals surface area contributed by atoms with Gasteiger partial charge in [0.25, 0.3) is 0 Å². The summed E-state index contributed by atoms with van der Waals surface area (Å²) >= 11 is 0.913. The van der Waals surface area contributed by atoms with Gasteiger partial charge in [0.15, 0.2) is 0 Å². The summed E-state index contributed by atoms with van der Waals surface area (Å²) in [6.07, 6.45) is 0. The highest BCUT2D eigenvalue weighted by molar-refractivity contribution is 8.00. The van der Waals surface area contributed by atoms with Crippen LogP contribution < -0.4 is 10.6 Å². The Morgan fingerprint density at radius 3 is 2.63 bits per heavy atom. The van der Waals surface area contributed by atoms with Gasteiger partial charge in [0.1, 0.15) is 11.6 Å². The highest BCUT2D eigenvalue weighted by Crippen LogP contribution is 2.26. The number of rotatable bonds is 4. The van der Waals surface area contributed by atoms with Crippen molar-refractivity contribution in [3.05, 3.63) is 29.8 Å². The Bertz CT molecular complexity index is 483. The third-order valence-electron chi connectivity index (χ3n) is 2.14. The molecule has 0 spiro atoms. The summed E-state index contributed by atoms with van der Waals surface area (Å²) in [6, 6.07) is 2.52. The van der Waals surface area contributed by atoms with E-state index in [2.05, 4.69) is 10.6 Å². The van der Waals surface area contributed by atoms with Crippen molar-refractivity contribution in [2.24, 2.45) is 0 Å². The zero-order valence-electron chi connectivity index (χ0n) is 10.5. The van der Waals surface area contributed by atoms with E-state index in [-0.39, 0.29) is 4.90 Å². The molecule has 7 heteroatoms. The Balaban J connectivity index is 2.61. The highest BCUT2D eigenvalue weighted by atomic mass is 32.2. The van der Waals surface area contributed by atoms with Crippen LogP contribution in [0.2, 0.25) is 0 Å². The van der Waals surface area contributed by atoms with Crippen LogP contribution in [0.3, 0.4) is 0 Å². The smallest absolute Gasteiger partial charge is 0.321 e. The number of hydrogen-bond donors (Lipinski definition) is 2. The van der Waals surface area contributed by atoms with Gasteiger partial charge in [-0.05, 0) is 26.0 Å². The van der Waals surface area contributed by atoms with Crippen LogP contribution in [0.5, 0.6) is 0 Å². The molecule has 0 aliphatic rings. The lowest BCUT2D eigenvalue weighted by Crippen LogP contribution is -2.42. The van der Waals surface area contributed by atoms with Gasteiger partial charge < -0.3 is 5.32 Å². The number of hydrogen-bond acceptors (Lipinski definition) is 3. The van der Waals surface area contributed by atoms with Crippen molar-refractivity contribution in [3.8, 4) is 0 Å². The van der Waals surface area contributed by atoms with E-state index in [4.69, 9.17) is 0 Å². The highest BCUT2D eigenvalue weighted by Gasteiger charge is 2.18. The fourth-order valence-electron chi connectivity index (χ4n) is 1.23. The molecule has 1 rings (SSSR count). The Labute approximate surface area is 113 Å². The first-order valence-electron chi connectivity index (χ1n) is 5.64. The third-order valence-corrected chi connectivity index (χ3v) is 3.29. The van der Waals surface area contributed by atoms with E-state index in [0.717, 1.165) is 23.9 Å². The van der Waals surface area contributed by atoms with E-state index < -0.39 is 28.8 Å². The molecule has 0 fully saturated rings. The molecule has 0 aliphatic carbocycles. The van der Waals surface area contributed by atoms with E-state index >= 15 is 0 Å². The minimum Gasteiger partial charge on any atom is -0.338 e. The molecule has 0 bridgehead atoms. The predicted molar refractivity (Wildman–Crippen MR) is 68.9 cm³/mol. The topological polar surface area (TPSA) is 58.2 Å². The van der Waals surface area contributed by atoms with E-state index in [0.29, 0.717) is 6.54 Å². The SMILES string of the molecule is CCNC(=O)NC(=O)C(C)Sc1ccc(F)cc1F. The molecule has 0 saturated heterocycles. The van der Waals surface area contributed by atoms with Crippen LogP contribution in [-0.4, -0.2) is 23.7 Å². The number of nitrogens with one attached hydrogen (secondary N) is 2. The number of urea groups is 1. The summed E-state index contributed by atoms with van der Waals surface area (Å²) in [5.41, 5.74) is 0. The molecule has 19 heavy (non-hydrogen) atoms. The van der Waals surface area contributed by atoms with Crippen molar-refractivity contribution in [1.29, 1.82) is 0 Å². The fourth-order valence-corrected chi connectivity index (χ4v) is 2.10. The van der Waals surface area contributed by atoms with E-state index in [1.807, 2.05) is 0 Å². The molecule has 2 N–H and O–H groups in total. The zero-order valence-corrected chi connectivity index (χ0v) is 11.3. The van der Waals surface area contributed by atoms with Gasteiger partial charge in [-0.3, -0.25) is 10.1 Å². The molecular weight excluding hydrogens is 274 g/mol. The van der Waals surface area contributed by atoms with E-state index in [1.165, 1.54) is 13.0 Å². The second kappa shape index (κ2) is 7.08. The summed E-state index contributed by atoms with van der Waals surface area (Å²) in [4.78, 5) is 22.9. The van der Waals surface area contributed by atoms with Crippen LogP contribution in [0.4, 0.5) is 13.6 Å². The molecule has 1 aromatic rings. The molecule has 4 nitrogen and oxygen atoms in total. The lowest BCUT2D eigenvalue weighted by molar-refractivity contribution is -0.119. The number of thioether (sulfide) groups is 1. The first-order chi connectivity index (χ1) is 8.93. The number of halogens is 2. The number of amides is 3. The van der Waals surface area contributed by atoms with Crippen LogP contribution in [0.1, 0.15) is 13.8 Å². The summed E-state index contributed by atoms with van der Waals surface area (Å²) in [7, 11) is 0. The Morgan fingerprint density at radius 1 is 1.37 bits per heavy atom. The minimum absolute atomic E-state index is 0.153. The average Bonchev–Trinajstić information content (AvgIpc) is 2.32. The molecule has 0 radical (unpaired) electrons. The predicted octanol–water partition coefficient (Wildman–Crippen LogP) is 2.29. The van der Waals surface area contributed by atoms with Gasteiger partial charge in [-0.1, -0.05) is 0 Å². The third kappa shape index (κ3) is 4.86. The van der Waals surface area contributed by atoms with Crippen LogP contribution in [0.25, 0.3) is 0 Å². The molecule has 0 heterocycles. The van der Waals surface area contributed by atoms with Crippen molar-refractivity contribution in [2.45, 2.75) is 24.0 Å². The molecule has 104 valence electrons. The van der Waals surface area contributed by atoms with Crippen molar-refractivity contribution >= 4 is 23.7 Å². The fraction of sp³-hybridized carbons (Fsp3) is 0.333. The van der Waals surface area contributed by atoms with E-state index in [9.17, 15) is 18.4 Å². The first kappa shape index (κ1) is 15.4. The average molecular weight is 288 g/mol. The summed E-state index contributed by atoms with van der Waals surface area (Å²) < 4.78 is 26.1. The van der Waals surface area contributed by atoms with Crippen LogP contribution in [0, 0.1) is 11.6 Å². The van der Waals surface area contributed by atoms with Gasteiger partial charge in [-0.25, -0.2) is 13.6 Å². The number of carbonyl (C=O) groups is 2. The van der Waals surface area contributed by atoms with Crippen LogP contribution in [0.15, 0.2) is 23.1 Å². The number of benzene rings is 1. The Kier molecular flexibility index (Phi) is 5.75. The molecule has 0 aliphatic heterocycles.